The summed E-state index contributed by atoms with van der Waals surface area (Å²) >= 11 is 3.23. The van der Waals surface area contributed by atoms with E-state index in [9.17, 15) is 18.4 Å². The van der Waals surface area contributed by atoms with Crippen molar-refractivity contribution in [2.75, 3.05) is 0 Å². The number of pyridine rings is 1. The summed E-state index contributed by atoms with van der Waals surface area (Å²) in [5, 5.41) is 0. The topological polar surface area (TPSA) is 85.2 Å². The maximum atomic E-state index is 13.9. The van der Waals surface area contributed by atoms with E-state index in [1.54, 1.807) is 31.2 Å². The minimum absolute atomic E-state index is 0.160. The smallest absolute Gasteiger partial charge is 0.266 e. The molecule has 5 nitrogen and oxygen atoms in total. The van der Waals surface area contributed by atoms with E-state index in [-0.39, 0.29) is 28.0 Å². The van der Waals surface area contributed by atoms with E-state index in [4.69, 9.17) is 10.5 Å². The van der Waals surface area contributed by atoms with Crippen molar-refractivity contribution in [3.8, 4) is 5.75 Å². The monoisotopic (exact) mass is 462 g/mol. The van der Waals surface area contributed by atoms with Gasteiger partial charge >= 0.3 is 0 Å². The van der Waals surface area contributed by atoms with Gasteiger partial charge in [0.2, 0.25) is 5.91 Å². The average Bonchev–Trinajstić information content (AvgIpc) is 2.67. The third-order valence-corrected chi connectivity index (χ3v) is 5.15. The van der Waals surface area contributed by atoms with Crippen LogP contribution in [0.25, 0.3) is 0 Å². The summed E-state index contributed by atoms with van der Waals surface area (Å²) in [6.07, 6.45) is 0.390. The van der Waals surface area contributed by atoms with Crippen molar-refractivity contribution in [1.29, 1.82) is 0 Å². The van der Waals surface area contributed by atoms with Crippen molar-refractivity contribution in [2.24, 2.45) is 5.73 Å². The van der Waals surface area contributed by atoms with Gasteiger partial charge in [0.25, 0.3) is 5.56 Å². The molecule has 0 unspecified atom stereocenters. The molecule has 1 heterocycles. The molecule has 0 aliphatic rings. The highest BCUT2D eigenvalue weighted by Crippen LogP contribution is 2.31. The molecule has 29 heavy (non-hydrogen) atoms. The van der Waals surface area contributed by atoms with Crippen LogP contribution in [-0.2, 0) is 13.0 Å². The van der Waals surface area contributed by atoms with Crippen molar-refractivity contribution >= 4 is 21.8 Å². The van der Waals surface area contributed by atoms with E-state index < -0.39 is 17.5 Å². The van der Waals surface area contributed by atoms with Gasteiger partial charge in [0.1, 0.15) is 28.5 Å². The lowest BCUT2D eigenvalue weighted by atomic mass is 10.0. The molecule has 1 amide bonds. The maximum Gasteiger partial charge on any atom is 0.266 e. The van der Waals surface area contributed by atoms with Gasteiger partial charge < -0.3 is 15.5 Å². The standard InChI is InChI=1S/C21H17BrF2N2O3/c1-11-16(8-12-2-4-13(5-3-12)20(25)27)19(18(22)21(28)26-11)29-10-14-6-7-15(23)9-17(14)24/h2-7,9H,8,10H2,1H3,(H2,25,27)(H,26,28). The van der Waals surface area contributed by atoms with E-state index in [1.807, 2.05) is 0 Å². The molecule has 0 radical (unpaired) electrons. The van der Waals surface area contributed by atoms with Gasteiger partial charge in [0.15, 0.2) is 0 Å². The van der Waals surface area contributed by atoms with Crippen LogP contribution in [0.5, 0.6) is 5.75 Å². The molecule has 0 saturated carbocycles. The molecule has 0 atom stereocenters. The van der Waals surface area contributed by atoms with E-state index >= 15 is 0 Å². The minimum Gasteiger partial charge on any atom is -0.487 e. The second kappa shape index (κ2) is 8.57. The number of nitrogens with one attached hydrogen (secondary N) is 1. The van der Waals surface area contributed by atoms with Crippen molar-refractivity contribution in [2.45, 2.75) is 20.0 Å². The Kier molecular flexibility index (Phi) is 6.12. The molecule has 2 aromatic carbocycles. The zero-order chi connectivity index (χ0) is 21.1. The number of aromatic nitrogens is 1. The second-order valence-corrected chi connectivity index (χ2v) is 7.26. The fourth-order valence-corrected chi connectivity index (χ4v) is 3.30. The molecular formula is C21H17BrF2N2O3. The van der Waals surface area contributed by atoms with Crippen LogP contribution in [0, 0.1) is 18.6 Å². The van der Waals surface area contributed by atoms with Crippen LogP contribution in [-0.4, -0.2) is 10.9 Å². The van der Waals surface area contributed by atoms with Gasteiger partial charge in [-0.2, -0.15) is 0 Å². The molecule has 3 rings (SSSR count). The molecule has 0 fully saturated rings. The number of hydrogen-bond acceptors (Lipinski definition) is 3. The third-order valence-electron chi connectivity index (χ3n) is 4.43. The molecule has 0 spiro atoms. The molecule has 3 N–H and O–H groups in total. The number of amides is 1. The Morgan fingerprint density at radius 3 is 2.48 bits per heavy atom. The summed E-state index contributed by atoms with van der Waals surface area (Å²) in [7, 11) is 0. The highest BCUT2D eigenvalue weighted by Gasteiger charge is 2.17. The Labute approximate surface area is 173 Å². The zero-order valence-corrected chi connectivity index (χ0v) is 17.0. The van der Waals surface area contributed by atoms with Crippen LogP contribution in [0.4, 0.5) is 8.78 Å². The first-order chi connectivity index (χ1) is 13.8. The van der Waals surface area contributed by atoms with Crippen molar-refractivity contribution < 1.29 is 18.3 Å². The molecule has 8 heteroatoms. The first-order valence-electron chi connectivity index (χ1n) is 8.63. The Bertz CT molecular complexity index is 1130. The first kappa shape index (κ1) is 20.7. The maximum absolute atomic E-state index is 13.9. The molecule has 0 saturated heterocycles. The van der Waals surface area contributed by atoms with Crippen LogP contribution < -0.4 is 16.0 Å². The number of carbonyl (C=O) groups is 1. The fourth-order valence-electron chi connectivity index (χ4n) is 2.85. The fraction of sp³-hybridized carbons (Fsp3) is 0.143. The average molecular weight is 463 g/mol. The number of aryl methyl sites for hydroxylation is 1. The lowest BCUT2D eigenvalue weighted by molar-refractivity contribution is 0.100. The van der Waals surface area contributed by atoms with E-state index in [1.165, 1.54) is 6.07 Å². The van der Waals surface area contributed by atoms with Crippen LogP contribution in [0.2, 0.25) is 0 Å². The first-order valence-corrected chi connectivity index (χ1v) is 9.42. The number of ether oxygens (including phenoxy) is 1. The van der Waals surface area contributed by atoms with Gasteiger partial charge in [-0.15, -0.1) is 0 Å². The Morgan fingerprint density at radius 2 is 1.86 bits per heavy atom. The predicted molar refractivity (Wildman–Crippen MR) is 108 cm³/mol. The minimum atomic E-state index is -0.730. The number of nitrogens with two attached hydrogens (primary N) is 1. The van der Waals surface area contributed by atoms with Crippen molar-refractivity contribution in [3.05, 3.63) is 96.9 Å². The van der Waals surface area contributed by atoms with Crippen LogP contribution >= 0.6 is 15.9 Å². The third kappa shape index (κ3) is 4.71. The number of carbonyl (C=O) groups excluding carboxylic acids is 1. The summed E-state index contributed by atoms with van der Waals surface area (Å²) in [5.74, 6) is -1.66. The summed E-state index contributed by atoms with van der Waals surface area (Å²) in [6.45, 7) is 1.55. The summed E-state index contributed by atoms with van der Waals surface area (Å²) in [5.41, 5.74) is 7.55. The number of hydrogen-bond donors (Lipinski definition) is 2. The number of aromatic amines is 1. The summed E-state index contributed by atoms with van der Waals surface area (Å²) in [6, 6.07) is 9.94. The SMILES string of the molecule is Cc1[nH]c(=O)c(Br)c(OCc2ccc(F)cc2F)c1Cc1ccc(C(N)=O)cc1. The predicted octanol–water partition coefficient (Wildman–Crippen LogP) is 3.99. The second-order valence-electron chi connectivity index (χ2n) is 6.46. The Balaban J connectivity index is 1.93. The molecule has 3 aromatic rings. The van der Waals surface area contributed by atoms with E-state index in [2.05, 4.69) is 20.9 Å². The van der Waals surface area contributed by atoms with E-state index in [0.717, 1.165) is 17.7 Å². The van der Waals surface area contributed by atoms with Crippen LogP contribution in [0.15, 0.2) is 51.7 Å². The zero-order valence-electron chi connectivity index (χ0n) is 15.4. The van der Waals surface area contributed by atoms with Gasteiger partial charge in [-0.3, -0.25) is 9.59 Å². The Hall–Kier alpha value is -3.00. The van der Waals surface area contributed by atoms with E-state index in [0.29, 0.717) is 23.2 Å². The van der Waals surface area contributed by atoms with Gasteiger partial charge in [-0.05, 0) is 52.7 Å². The highest BCUT2D eigenvalue weighted by molar-refractivity contribution is 9.10. The number of H-pyrrole nitrogens is 1. The quantitative estimate of drug-likeness (QED) is 0.580. The van der Waals surface area contributed by atoms with Gasteiger partial charge in [-0.25, -0.2) is 8.78 Å². The molecular weight excluding hydrogens is 446 g/mol. The summed E-state index contributed by atoms with van der Waals surface area (Å²) in [4.78, 5) is 26.1. The highest BCUT2D eigenvalue weighted by atomic mass is 79.9. The van der Waals surface area contributed by atoms with Crippen LogP contribution in [0.1, 0.15) is 32.7 Å². The largest absolute Gasteiger partial charge is 0.487 e. The number of rotatable bonds is 6. The number of primary amides is 1. The normalized spacial score (nSPS) is 10.8. The molecule has 0 bridgehead atoms. The van der Waals surface area contributed by atoms with Crippen LogP contribution in [0.3, 0.4) is 0 Å². The molecule has 0 aliphatic carbocycles. The lowest BCUT2D eigenvalue weighted by Gasteiger charge is -2.16. The molecule has 0 aliphatic heterocycles. The number of halogens is 3. The Morgan fingerprint density at radius 1 is 1.17 bits per heavy atom. The van der Waals surface area contributed by atoms with Gasteiger partial charge in [0.05, 0.1) is 0 Å². The lowest BCUT2D eigenvalue weighted by Crippen LogP contribution is -2.15. The van der Waals surface area contributed by atoms with Gasteiger partial charge in [0, 0.05) is 34.9 Å². The van der Waals surface area contributed by atoms with Crippen molar-refractivity contribution in [3.63, 3.8) is 0 Å². The van der Waals surface area contributed by atoms with Gasteiger partial charge in [-0.1, -0.05) is 12.1 Å². The molecule has 1 aromatic heterocycles. The summed E-state index contributed by atoms with van der Waals surface area (Å²) < 4.78 is 33.0. The number of benzene rings is 2. The van der Waals surface area contributed by atoms with Crippen molar-refractivity contribution in [1.82, 2.24) is 4.98 Å². The molecule has 150 valence electrons.